The van der Waals surface area contributed by atoms with Gasteiger partial charge >= 0.3 is 0 Å². The summed E-state index contributed by atoms with van der Waals surface area (Å²) in [4.78, 5) is 12.3. The normalized spacial score (nSPS) is 10.8. The highest BCUT2D eigenvalue weighted by atomic mass is 16.5. The SMILES string of the molecule is CCCOc1ccccc1/C=C(\C#N)C(=O)Nc1cccc(C)c1. The summed E-state index contributed by atoms with van der Waals surface area (Å²) in [5.74, 6) is 0.226. The number of amides is 1. The van der Waals surface area contributed by atoms with Gasteiger partial charge in [0.05, 0.1) is 6.61 Å². The number of rotatable bonds is 6. The van der Waals surface area contributed by atoms with Gasteiger partial charge in [-0.1, -0.05) is 37.3 Å². The molecule has 4 nitrogen and oxygen atoms in total. The van der Waals surface area contributed by atoms with E-state index in [0.29, 0.717) is 23.6 Å². The van der Waals surface area contributed by atoms with E-state index in [1.165, 1.54) is 0 Å². The van der Waals surface area contributed by atoms with Crippen molar-refractivity contribution < 1.29 is 9.53 Å². The van der Waals surface area contributed by atoms with Gasteiger partial charge in [-0.3, -0.25) is 4.79 Å². The van der Waals surface area contributed by atoms with Crippen molar-refractivity contribution in [2.75, 3.05) is 11.9 Å². The van der Waals surface area contributed by atoms with E-state index in [0.717, 1.165) is 12.0 Å². The third-order valence-electron chi connectivity index (χ3n) is 3.32. The average molecular weight is 320 g/mol. The van der Waals surface area contributed by atoms with Crippen LogP contribution in [0.1, 0.15) is 24.5 Å². The van der Waals surface area contributed by atoms with Crippen molar-refractivity contribution in [2.24, 2.45) is 0 Å². The summed E-state index contributed by atoms with van der Waals surface area (Å²) >= 11 is 0. The summed E-state index contributed by atoms with van der Waals surface area (Å²) in [5, 5.41) is 12.1. The number of nitrogens with zero attached hydrogens (tertiary/aromatic N) is 1. The molecule has 0 saturated heterocycles. The molecular weight excluding hydrogens is 300 g/mol. The molecule has 4 heteroatoms. The number of para-hydroxylation sites is 1. The maximum absolute atomic E-state index is 12.3. The second-order valence-electron chi connectivity index (χ2n) is 5.38. The summed E-state index contributed by atoms with van der Waals surface area (Å²) in [6.07, 6.45) is 2.44. The summed E-state index contributed by atoms with van der Waals surface area (Å²) < 4.78 is 5.66. The molecule has 0 atom stereocenters. The van der Waals surface area contributed by atoms with Crippen molar-refractivity contribution in [1.82, 2.24) is 0 Å². The Bertz CT molecular complexity index is 788. The highest BCUT2D eigenvalue weighted by Crippen LogP contribution is 2.21. The molecule has 0 bridgehead atoms. The van der Waals surface area contributed by atoms with Crippen LogP contribution in [-0.4, -0.2) is 12.5 Å². The van der Waals surface area contributed by atoms with Crippen LogP contribution in [0.4, 0.5) is 5.69 Å². The van der Waals surface area contributed by atoms with Gasteiger partial charge < -0.3 is 10.1 Å². The van der Waals surface area contributed by atoms with Gasteiger partial charge in [-0.05, 0) is 43.2 Å². The van der Waals surface area contributed by atoms with Crippen LogP contribution < -0.4 is 10.1 Å². The van der Waals surface area contributed by atoms with Crippen LogP contribution in [0.3, 0.4) is 0 Å². The molecule has 0 aliphatic rings. The molecule has 122 valence electrons. The number of ether oxygens (including phenoxy) is 1. The summed E-state index contributed by atoms with van der Waals surface area (Å²) in [7, 11) is 0. The fourth-order valence-corrected chi connectivity index (χ4v) is 2.17. The number of nitriles is 1. The van der Waals surface area contributed by atoms with E-state index in [1.807, 2.05) is 62.4 Å². The van der Waals surface area contributed by atoms with E-state index in [1.54, 1.807) is 12.1 Å². The Morgan fingerprint density at radius 1 is 1.25 bits per heavy atom. The van der Waals surface area contributed by atoms with Crippen LogP contribution >= 0.6 is 0 Å². The highest BCUT2D eigenvalue weighted by Gasteiger charge is 2.11. The molecule has 0 radical (unpaired) electrons. The van der Waals surface area contributed by atoms with E-state index in [2.05, 4.69) is 5.32 Å². The lowest BCUT2D eigenvalue weighted by Crippen LogP contribution is -2.13. The van der Waals surface area contributed by atoms with E-state index in [4.69, 9.17) is 4.74 Å². The fourth-order valence-electron chi connectivity index (χ4n) is 2.17. The van der Waals surface area contributed by atoms with Gasteiger partial charge in [0.25, 0.3) is 5.91 Å². The first kappa shape index (κ1) is 17.3. The van der Waals surface area contributed by atoms with E-state index < -0.39 is 5.91 Å². The predicted molar refractivity (Wildman–Crippen MR) is 95.6 cm³/mol. The molecule has 0 spiro atoms. The Hall–Kier alpha value is -3.06. The monoisotopic (exact) mass is 320 g/mol. The molecule has 0 fully saturated rings. The Balaban J connectivity index is 2.23. The minimum atomic E-state index is -0.437. The Labute approximate surface area is 142 Å². The average Bonchev–Trinajstić information content (AvgIpc) is 2.58. The van der Waals surface area contributed by atoms with Crippen molar-refractivity contribution in [2.45, 2.75) is 20.3 Å². The van der Waals surface area contributed by atoms with Gasteiger partial charge in [0.15, 0.2) is 0 Å². The van der Waals surface area contributed by atoms with Crippen LogP contribution in [0.2, 0.25) is 0 Å². The summed E-state index contributed by atoms with van der Waals surface area (Å²) in [5.41, 5.74) is 2.44. The maximum atomic E-state index is 12.3. The minimum absolute atomic E-state index is 0.0315. The maximum Gasteiger partial charge on any atom is 0.266 e. The van der Waals surface area contributed by atoms with Crippen LogP contribution in [0.25, 0.3) is 6.08 Å². The third kappa shape index (κ3) is 4.72. The number of hydrogen-bond donors (Lipinski definition) is 1. The van der Waals surface area contributed by atoms with Gasteiger partial charge in [0, 0.05) is 11.3 Å². The molecular formula is C20H20N2O2. The summed E-state index contributed by atoms with van der Waals surface area (Å²) in [6.45, 7) is 4.55. The van der Waals surface area contributed by atoms with Gasteiger partial charge in [-0.25, -0.2) is 0 Å². The first-order chi connectivity index (χ1) is 11.6. The van der Waals surface area contributed by atoms with Crippen LogP contribution in [0, 0.1) is 18.3 Å². The minimum Gasteiger partial charge on any atom is -0.493 e. The zero-order valence-electron chi connectivity index (χ0n) is 13.9. The zero-order chi connectivity index (χ0) is 17.4. The highest BCUT2D eigenvalue weighted by molar-refractivity contribution is 6.09. The van der Waals surface area contributed by atoms with Crippen LogP contribution in [0.15, 0.2) is 54.1 Å². The van der Waals surface area contributed by atoms with Crippen molar-refractivity contribution in [3.63, 3.8) is 0 Å². The predicted octanol–water partition coefficient (Wildman–Crippen LogP) is 4.33. The number of anilines is 1. The molecule has 24 heavy (non-hydrogen) atoms. The van der Waals surface area contributed by atoms with Gasteiger partial charge in [-0.15, -0.1) is 0 Å². The fraction of sp³-hybridized carbons (Fsp3) is 0.200. The van der Waals surface area contributed by atoms with Crippen molar-refractivity contribution >= 4 is 17.7 Å². The van der Waals surface area contributed by atoms with Gasteiger partial charge in [-0.2, -0.15) is 5.26 Å². The smallest absolute Gasteiger partial charge is 0.266 e. The molecule has 2 rings (SSSR count). The van der Waals surface area contributed by atoms with Crippen LogP contribution in [-0.2, 0) is 4.79 Å². The van der Waals surface area contributed by atoms with E-state index in [9.17, 15) is 10.1 Å². The van der Waals surface area contributed by atoms with Crippen molar-refractivity contribution in [3.8, 4) is 11.8 Å². The lowest BCUT2D eigenvalue weighted by atomic mass is 10.1. The molecule has 0 aromatic heterocycles. The number of carbonyl (C=O) groups excluding carboxylic acids is 1. The lowest BCUT2D eigenvalue weighted by Gasteiger charge is -2.09. The zero-order valence-corrected chi connectivity index (χ0v) is 13.9. The molecule has 0 aliphatic heterocycles. The lowest BCUT2D eigenvalue weighted by molar-refractivity contribution is -0.112. The van der Waals surface area contributed by atoms with E-state index in [-0.39, 0.29) is 5.57 Å². The molecule has 2 aromatic carbocycles. The van der Waals surface area contributed by atoms with Gasteiger partial charge in [0.2, 0.25) is 0 Å². The second kappa shape index (κ2) is 8.54. The topological polar surface area (TPSA) is 62.1 Å². The molecule has 0 unspecified atom stereocenters. The number of hydrogen-bond acceptors (Lipinski definition) is 3. The summed E-state index contributed by atoms with van der Waals surface area (Å²) in [6, 6.07) is 16.8. The molecule has 1 amide bonds. The number of benzene rings is 2. The molecule has 2 aromatic rings. The first-order valence-corrected chi connectivity index (χ1v) is 7.85. The van der Waals surface area contributed by atoms with Crippen molar-refractivity contribution in [1.29, 1.82) is 5.26 Å². The molecule has 1 N–H and O–H groups in total. The first-order valence-electron chi connectivity index (χ1n) is 7.85. The molecule has 0 saturated carbocycles. The van der Waals surface area contributed by atoms with Crippen LogP contribution in [0.5, 0.6) is 5.75 Å². The molecule has 0 heterocycles. The van der Waals surface area contributed by atoms with Gasteiger partial charge in [0.1, 0.15) is 17.4 Å². The van der Waals surface area contributed by atoms with E-state index >= 15 is 0 Å². The Morgan fingerprint density at radius 3 is 2.75 bits per heavy atom. The largest absolute Gasteiger partial charge is 0.493 e. The quantitative estimate of drug-likeness (QED) is 0.636. The Morgan fingerprint density at radius 2 is 2.04 bits per heavy atom. The third-order valence-corrected chi connectivity index (χ3v) is 3.32. The Kier molecular flexibility index (Phi) is 6.16. The number of carbonyl (C=O) groups is 1. The number of nitrogens with one attached hydrogen (secondary N) is 1. The number of aryl methyl sites for hydroxylation is 1. The second-order valence-corrected chi connectivity index (χ2v) is 5.38. The molecule has 0 aliphatic carbocycles. The van der Waals surface area contributed by atoms with Crippen molar-refractivity contribution in [3.05, 3.63) is 65.2 Å². The standard InChI is InChI=1S/C20H20N2O2/c1-3-11-24-19-10-5-4-8-16(19)13-17(14-21)20(23)22-18-9-6-7-15(2)12-18/h4-10,12-13H,3,11H2,1-2H3,(H,22,23)/b17-13+.